The number of benzene rings is 2. The van der Waals surface area contributed by atoms with E-state index in [0.717, 1.165) is 104 Å². The van der Waals surface area contributed by atoms with Crippen molar-refractivity contribution in [1.82, 2.24) is 14.4 Å². The zero-order valence-corrected chi connectivity index (χ0v) is 25.8. The molecule has 0 saturated carbocycles. The van der Waals surface area contributed by atoms with E-state index in [9.17, 15) is 19.8 Å². The van der Waals surface area contributed by atoms with Crippen molar-refractivity contribution in [3.8, 4) is 0 Å². The molecule has 41 heavy (non-hydrogen) atoms. The zero-order chi connectivity index (χ0) is 27.4. The van der Waals surface area contributed by atoms with Crippen LogP contribution in [0.25, 0.3) is 21.8 Å². The molecular weight excluding hydrogens is 561 g/mol. The molecule has 7 nitrogen and oxygen atoms in total. The van der Waals surface area contributed by atoms with Crippen LogP contribution in [0, 0.1) is 0 Å². The summed E-state index contributed by atoms with van der Waals surface area (Å²) in [7, 11) is 0. The lowest BCUT2D eigenvalue weighted by Crippen LogP contribution is -2.31. The number of carboxylic acid groups (broad SMARTS) is 2. The second-order valence-corrected chi connectivity index (χ2v) is 11.4. The van der Waals surface area contributed by atoms with E-state index in [1.54, 1.807) is 12.1 Å². The Kier molecular flexibility index (Phi) is 12.3. The Morgan fingerprint density at radius 3 is 1.80 bits per heavy atom. The van der Waals surface area contributed by atoms with E-state index in [1.165, 1.54) is 38.5 Å². The molecule has 0 bridgehead atoms. The first-order chi connectivity index (χ1) is 19.0. The van der Waals surface area contributed by atoms with E-state index in [4.69, 9.17) is 0 Å². The second-order valence-electron chi connectivity index (χ2n) is 11.4. The summed E-state index contributed by atoms with van der Waals surface area (Å²) in [5, 5.41) is 21.7. The Bertz CT molecular complexity index is 1340. The van der Waals surface area contributed by atoms with Gasteiger partial charge in [0, 0.05) is 22.8 Å². The normalized spacial score (nSPS) is 16.4. The first kappa shape index (κ1) is 33.2. The fourth-order valence-electron chi connectivity index (χ4n) is 6.92. The third-order valence-electron chi connectivity index (χ3n) is 8.86. The van der Waals surface area contributed by atoms with Gasteiger partial charge in [0.2, 0.25) is 0 Å². The molecule has 2 saturated heterocycles. The summed E-state index contributed by atoms with van der Waals surface area (Å²) < 4.78 is 2.27. The largest absolute Gasteiger partial charge is 0.478 e. The predicted octanol–water partition coefficient (Wildman–Crippen LogP) is 6.89. The van der Waals surface area contributed by atoms with Gasteiger partial charge in [-0.2, -0.15) is 0 Å². The number of fused-ring (bicyclic) bond motifs is 3. The predicted molar refractivity (Wildman–Crippen MR) is 171 cm³/mol. The molecule has 5 rings (SSSR count). The van der Waals surface area contributed by atoms with Crippen LogP contribution in [-0.4, -0.2) is 75.8 Å². The van der Waals surface area contributed by atoms with Crippen LogP contribution >= 0.6 is 24.8 Å². The maximum atomic E-state index is 12.7. The van der Waals surface area contributed by atoms with Gasteiger partial charge in [-0.15, -0.1) is 24.8 Å². The van der Waals surface area contributed by atoms with Gasteiger partial charge in [-0.25, -0.2) is 9.59 Å². The smallest absolute Gasteiger partial charge is 0.335 e. The van der Waals surface area contributed by atoms with Crippen LogP contribution in [0.15, 0.2) is 24.3 Å². The number of piperidine rings is 2. The third kappa shape index (κ3) is 7.37. The van der Waals surface area contributed by atoms with Gasteiger partial charge >= 0.3 is 11.9 Å². The molecule has 2 aliphatic heterocycles. The third-order valence-corrected chi connectivity index (χ3v) is 8.86. The van der Waals surface area contributed by atoms with Crippen LogP contribution in [0.5, 0.6) is 0 Å². The van der Waals surface area contributed by atoms with Crippen molar-refractivity contribution < 1.29 is 19.8 Å². The maximum Gasteiger partial charge on any atom is 0.335 e. The highest BCUT2D eigenvalue weighted by Crippen LogP contribution is 2.37. The topological polar surface area (TPSA) is 86.0 Å². The number of hydrogen-bond acceptors (Lipinski definition) is 4. The van der Waals surface area contributed by atoms with Crippen LogP contribution in [0.3, 0.4) is 0 Å². The fraction of sp³-hybridized carbons (Fsp3) is 0.562. The van der Waals surface area contributed by atoms with E-state index in [-0.39, 0.29) is 30.4 Å². The first-order valence-corrected chi connectivity index (χ1v) is 15.0. The van der Waals surface area contributed by atoms with Crippen molar-refractivity contribution in [2.45, 2.75) is 77.7 Å². The Hall–Kier alpha value is -2.32. The Balaban J connectivity index is 0.00000231. The summed E-state index contributed by atoms with van der Waals surface area (Å²) in [6.07, 6.45) is 11.2. The second kappa shape index (κ2) is 15.2. The van der Waals surface area contributed by atoms with Gasteiger partial charge in [0.1, 0.15) is 0 Å². The number of nitrogens with zero attached hydrogens (tertiary/aromatic N) is 3. The van der Waals surface area contributed by atoms with E-state index in [2.05, 4.69) is 21.3 Å². The number of likely N-dealkylation sites (tertiary alicyclic amines) is 2. The molecule has 2 fully saturated rings. The van der Waals surface area contributed by atoms with Crippen molar-refractivity contribution in [2.75, 3.05) is 39.3 Å². The summed E-state index contributed by atoms with van der Waals surface area (Å²) >= 11 is 0. The van der Waals surface area contributed by atoms with E-state index < -0.39 is 11.9 Å². The number of halogens is 2. The number of aryl methyl sites for hydroxylation is 2. The molecule has 2 N–H and O–H groups in total. The van der Waals surface area contributed by atoms with E-state index in [1.807, 2.05) is 12.1 Å². The highest BCUT2D eigenvalue weighted by atomic mass is 35.5. The molecule has 0 spiro atoms. The molecule has 0 amide bonds. The lowest BCUT2D eigenvalue weighted by atomic mass is 9.90. The Morgan fingerprint density at radius 2 is 1.29 bits per heavy atom. The van der Waals surface area contributed by atoms with Crippen LogP contribution < -0.4 is 0 Å². The van der Waals surface area contributed by atoms with Gasteiger partial charge in [-0.05, 0) is 133 Å². The monoisotopic (exact) mass is 605 g/mol. The average Bonchev–Trinajstić information content (AvgIpc) is 3.27. The van der Waals surface area contributed by atoms with Gasteiger partial charge in [-0.3, -0.25) is 0 Å². The highest BCUT2D eigenvalue weighted by molar-refractivity contribution is 6.13. The molecule has 3 heterocycles. The van der Waals surface area contributed by atoms with Crippen molar-refractivity contribution in [3.63, 3.8) is 0 Å². The lowest BCUT2D eigenvalue weighted by molar-refractivity contribution is 0.0685. The Labute approximate surface area is 255 Å². The quantitative estimate of drug-likeness (QED) is 0.247. The van der Waals surface area contributed by atoms with Gasteiger partial charge in [0.25, 0.3) is 0 Å². The van der Waals surface area contributed by atoms with Crippen molar-refractivity contribution in [1.29, 1.82) is 0 Å². The molecule has 9 heteroatoms. The van der Waals surface area contributed by atoms with Crippen molar-refractivity contribution in [3.05, 3.63) is 46.5 Å². The lowest BCUT2D eigenvalue weighted by Gasteiger charge is -2.27. The standard InChI is InChI=1S/C32H43N3O4.2ClH/c1-2-35-29-14-13-23(31(36)37)21-26(29)27-22-28(32(38)39)24(11-9-19-33-15-5-3-6-16-33)25(30(27)35)12-10-20-34-17-7-4-8-18-34;;/h13-14,21-22H,2-12,15-20H2,1H3,(H,36,37)(H,38,39);2*1H. The molecule has 1 aromatic heterocycles. The molecule has 2 aromatic carbocycles. The number of aromatic carboxylic acids is 2. The van der Waals surface area contributed by atoms with E-state index >= 15 is 0 Å². The summed E-state index contributed by atoms with van der Waals surface area (Å²) in [6.45, 7) is 9.48. The van der Waals surface area contributed by atoms with Crippen molar-refractivity contribution in [2.24, 2.45) is 0 Å². The molecule has 0 aliphatic carbocycles. The molecule has 0 radical (unpaired) electrons. The summed E-state index contributed by atoms with van der Waals surface area (Å²) in [4.78, 5) is 29.5. The van der Waals surface area contributed by atoms with Crippen molar-refractivity contribution >= 4 is 58.6 Å². The summed E-state index contributed by atoms with van der Waals surface area (Å²) in [5.74, 6) is -1.86. The fourth-order valence-corrected chi connectivity index (χ4v) is 6.92. The molecule has 0 atom stereocenters. The minimum atomic E-state index is -0.969. The molecule has 3 aromatic rings. The molecule has 2 aliphatic rings. The summed E-state index contributed by atoms with van der Waals surface area (Å²) in [5.41, 5.74) is 4.79. The van der Waals surface area contributed by atoms with Gasteiger partial charge in [0.15, 0.2) is 0 Å². The maximum absolute atomic E-state index is 12.7. The van der Waals surface area contributed by atoms with Crippen LogP contribution in [0.1, 0.15) is 90.1 Å². The van der Waals surface area contributed by atoms with Crippen LogP contribution in [0.4, 0.5) is 0 Å². The number of hydrogen-bond donors (Lipinski definition) is 2. The average molecular weight is 607 g/mol. The number of carboxylic acids is 2. The minimum Gasteiger partial charge on any atom is -0.478 e. The van der Waals surface area contributed by atoms with Gasteiger partial charge < -0.3 is 24.6 Å². The first-order valence-electron chi connectivity index (χ1n) is 15.0. The van der Waals surface area contributed by atoms with Crippen LogP contribution in [-0.2, 0) is 19.4 Å². The van der Waals surface area contributed by atoms with Gasteiger partial charge in [-0.1, -0.05) is 12.8 Å². The van der Waals surface area contributed by atoms with E-state index in [0.29, 0.717) is 5.56 Å². The van der Waals surface area contributed by atoms with Gasteiger partial charge in [0.05, 0.1) is 16.6 Å². The SMILES string of the molecule is CCn1c2ccc(C(=O)O)cc2c2cc(C(=O)O)c(CCCN3CCCCC3)c(CCCN3CCCCC3)c21.Cl.Cl. The summed E-state index contributed by atoms with van der Waals surface area (Å²) in [6, 6.07) is 7.08. The number of aromatic nitrogens is 1. The number of rotatable bonds is 11. The highest BCUT2D eigenvalue weighted by Gasteiger charge is 2.24. The zero-order valence-electron chi connectivity index (χ0n) is 24.2. The minimum absolute atomic E-state index is 0. The molecular formula is C32H45Cl2N3O4. The molecule has 0 unspecified atom stereocenters. The molecule has 226 valence electrons. The van der Waals surface area contributed by atoms with Crippen LogP contribution in [0.2, 0.25) is 0 Å². The number of carbonyl (C=O) groups is 2. The Morgan fingerprint density at radius 1 is 0.732 bits per heavy atom.